The maximum Gasteiger partial charge on any atom is 0.282 e. The van der Waals surface area contributed by atoms with Crippen molar-refractivity contribution in [1.82, 2.24) is 0 Å². The van der Waals surface area contributed by atoms with Crippen LogP contribution in [0.2, 0.25) is 0 Å². The number of hydrogen-bond donors (Lipinski definition) is 1. The van der Waals surface area contributed by atoms with Crippen molar-refractivity contribution < 1.29 is 19.3 Å². The number of rotatable bonds is 15. The molecule has 0 fully saturated rings. The van der Waals surface area contributed by atoms with Crippen LogP contribution in [0.5, 0.6) is 0 Å². The predicted molar refractivity (Wildman–Crippen MR) is 81.6 cm³/mol. The second-order valence-electron chi connectivity index (χ2n) is 5.24. The molecule has 0 unspecified atom stereocenters. The Bertz CT molecular complexity index is 193. The molecular formula is C16H34O4. The number of aliphatic hydroxyl groups is 1. The molecule has 20 heavy (non-hydrogen) atoms. The van der Waals surface area contributed by atoms with Crippen LogP contribution < -0.4 is 0 Å². The van der Waals surface area contributed by atoms with E-state index in [0.717, 1.165) is 6.42 Å². The quantitative estimate of drug-likeness (QED) is 0.367. The second kappa shape index (κ2) is 13.8. The molecule has 0 amide bonds. The Morgan fingerprint density at radius 2 is 1.35 bits per heavy atom. The van der Waals surface area contributed by atoms with Crippen molar-refractivity contribution in [3.8, 4) is 0 Å². The van der Waals surface area contributed by atoms with Crippen LogP contribution in [-0.4, -0.2) is 38.5 Å². The van der Waals surface area contributed by atoms with Crippen molar-refractivity contribution in [2.24, 2.45) is 0 Å². The van der Waals surface area contributed by atoms with Gasteiger partial charge in [-0.25, -0.2) is 0 Å². The first-order valence-corrected chi connectivity index (χ1v) is 8.09. The summed E-state index contributed by atoms with van der Waals surface area (Å²) in [6.07, 6.45) is 11.4. The lowest BCUT2D eigenvalue weighted by Gasteiger charge is -2.30. The fourth-order valence-corrected chi connectivity index (χ4v) is 2.24. The molecule has 0 saturated carbocycles. The van der Waals surface area contributed by atoms with Crippen LogP contribution in [-0.2, 0) is 14.2 Å². The molecule has 0 radical (unpaired) electrons. The first kappa shape index (κ1) is 19.8. The van der Waals surface area contributed by atoms with Gasteiger partial charge in [-0.05, 0) is 12.8 Å². The third kappa shape index (κ3) is 9.70. The topological polar surface area (TPSA) is 47.9 Å². The van der Waals surface area contributed by atoms with Crippen molar-refractivity contribution >= 4 is 0 Å². The monoisotopic (exact) mass is 290 g/mol. The average molecular weight is 290 g/mol. The Kier molecular flexibility index (Phi) is 13.7. The van der Waals surface area contributed by atoms with E-state index >= 15 is 0 Å². The second-order valence-corrected chi connectivity index (χ2v) is 5.24. The summed E-state index contributed by atoms with van der Waals surface area (Å²) in [5.74, 6) is -0.982. The van der Waals surface area contributed by atoms with Gasteiger partial charge in [0, 0.05) is 27.2 Å². The molecule has 0 aromatic heterocycles. The highest BCUT2D eigenvalue weighted by Crippen LogP contribution is 2.21. The van der Waals surface area contributed by atoms with E-state index in [0.29, 0.717) is 19.4 Å². The summed E-state index contributed by atoms with van der Waals surface area (Å²) >= 11 is 0. The summed E-state index contributed by atoms with van der Waals surface area (Å²) in [5, 5.41) is 8.88. The van der Waals surface area contributed by atoms with Crippen LogP contribution in [0, 0.1) is 0 Å². The van der Waals surface area contributed by atoms with Crippen molar-refractivity contribution in [2.45, 2.75) is 77.1 Å². The van der Waals surface area contributed by atoms with Crippen LogP contribution in [0.1, 0.15) is 71.1 Å². The third-order valence-electron chi connectivity index (χ3n) is 3.58. The zero-order valence-corrected chi connectivity index (χ0v) is 13.7. The molecule has 4 nitrogen and oxygen atoms in total. The van der Waals surface area contributed by atoms with Crippen LogP contribution >= 0.6 is 0 Å². The Morgan fingerprint density at radius 3 is 1.85 bits per heavy atom. The molecule has 0 aliphatic carbocycles. The largest absolute Gasteiger partial charge is 0.396 e. The molecule has 0 aromatic rings. The van der Waals surface area contributed by atoms with E-state index in [1.165, 1.54) is 44.9 Å². The molecule has 1 N–H and O–H groups in total. The molecule has 0 aliphatic heterocycles. The molecule has 122 valence electrons. The summed E-state index contributed by atoms with van der Waals surface area (Å²) in [5.41, 5.74) is 0. The van der Waals surface area contributed by atoms with Gasteiger partial charge in [0.25, 0.3) is 5.97 Å². The van der Waals surface area contributed by atoms with Gasteiger partial charge in [0.05, 0.1) is 6.61 Å². The van der Waals surface area contributed by atoms with Crippen LogP contribution in [0.15, 0.2) is 0 Å². The average Bonchev–Trinajstić information content (AvgIpc) is 2.49. The molecule has 0 spiro atoms. The number of aliphatic hydroxyl groups excluding tert-OH is 1. The van der Waals surface area contributed by atoms with Gasteiger partial charge in [-0.15, -0.1) is 0 Å². The minimum absolute atomic E-state index is 0.121. The Hall–Kier alpha value is -0.160. The van der Waals surface area contributed by atoms with E-state index in [9.17, 15) is 0 Å². The Balaban J connectivity index is 3.58. The van der Waals surface area contributed by atoms with Gasteiger partial charge in [0.15, 0.2) is 0 Å². The number of hydrogen-bond acceptors (Lipinski definition) is 4. The van der Waals surface area contributed by atoms with Gasteiger partial charge in [-0.3, -0.25) is 0 Å². The van der Waals surface area contributed by atoms with E-state index in [-0.39, 0.29) is 6.61 Å². The maximum atomic E-state index is 8.88. The third-order valence-corrected chi connectivity index (χ3v) is 3.58. The normalized spacial score (nSPS) is 12.0. The van der Waals surface area contributed by atoms with Crippen LogP contribution in [0.3, 0.4) is 0 Å². The zero-order chi connectivity index (χ0) is 15.1. The van der Waals surface area contributed by atoms with Crippen LogP contribution in [0.4, 0.5) is 0 Å². The fraction of sp³-hybridized carbons (Fsp3) is 1.00. The predicted octanol–water partition coefficient (Wildman–Crippen LogP) is 3.86. The lowest BCUT2D eigenvalue weighted by molar-refractivity contribution is -0.365. The highest BCUT2D eigenvalue weighted by molar-refractivity contribution is 4.57. The summed E-state index contributed by atoms with van der Waals surface area (Å²) in [6, 6.07) is 0. The smallest absolute Gasteiger partial charge is 0.282 e. The molecular weight excluding hydrogens is 256 g/mol. The van der Waals surface area contributed by atoms with Gasteiger partial charge in [-0.1, -0.05) is 51.9 Å². The van der Waals surface area contributed by atoms with E-state index in [2.05, 4.69) is 6.92 Å². The molecule has 0 saturated heterocycles. The van der Waals surface area contributed by atoms with Gasteiger partial charge < -0.3 is 19.3 Å². The molecule has 0 rings (SSSR count). The highest BCUT2D eigenvalue weighted by atomic mass is 16.9. The van der Waals surface area contributed by atoms with Gasteiger partial charge in [-0.2, -0.15) is 0 Å². The van der Waals surface area contributed by atoms with Gasteiger partial charge >= 0.3 is 0 Å². The first-order chi connectivity index (χ1) is 9.74. The van der Waals surface area contributed by atoms with Crippen molar-refractivity contribution in [3.63, 3.8) is 0 Å². The van der Waals surface area contributed by atoms with Crippen LogP contribution in [0.25, 0.3) is 0 Å². The summed E-state index contributed by atoms with van der Waals surface area (Å²) in [4.78, 5) is 0. The highest BCUT2D eigenvalue weighted by Gasteiger charge is 2.29. The van der Waals surface area contributed by atoms with Crippen molar-refractivity contribution in [3.05, 3.63) is 0 Å². The van der Waals surface area contributed by atoms with E-state index in [1.807, 2.05) is 0 Å². The molecule has 4 heteroatoms. The van der Waals surface area contributed by atoms with Gasteiger partial charge in [0.1, 0.15) is 0 Å². The Labute approximate surface area is 124 Å². The molecule has 0 heterocycles. The van der Waals surface area contributed by atoms with Crippen molar-refractivity contribution in [1.29, 1.82) is 0 Å². The molecule has 0 aromatic carbocycles. The minimum Gasteiger partial charge on any atom is -0.396 e. The SMILES string of the molecule is CCCCCCCCCCOC(CCCO)(OC)OC. The lowest BCUT2D eigenvalue weighted by atomic mass is 10.1. The van der Waals surface area contributed by atoms with Crippen molar-refractivity contribution in [2.75, 3.05) is 27.4 Å². The zero-order valence-electron chi connectivity index (χ0n) is 13.7. The van der Waals surface area contributed by atoms with E-state index in [4.69, 9.17) is 19.3 Å². The fourth-order valence-electron chi connectivity index (χ4n) is 2.24. The minimum atomic E-state index is -0.982. The maximum absolute atomic E-state index is 8.88. The number of methoxy groups -OCH3 is 2. The number of unbranched alkanes of at least 4 members (excludes halogenated alkanes) is 7. The first-order valence-electron chi connectivity index (χ1n) is 8.09. The summed E-state index contributed by atoms with van der Waals surface area (Å²) in [6.45, 7) is 3.00. The lowest BCUT2D eigenvalue weighted by Crippen LogP contribution is -2.37. The van der Waals surface area contributed by atoms with E-state index in [1.54, 1.807) is 14.2 Å². The molecule has 0 atom stereocenters. The van der Waals surface area contributed by atoms with Gasteiger partial charge in [0.2, 0.25) is 0 Å². The van der Waals surface area contributed by atoms with E-state index < -0.39 is 5.97 Å². The molecule has 0 aliphatic rings. The standard InChI is InChI=1S/C16H34O4/c1-4-5-6-7-8-9-10-11-15-20-16(18-2,19-3)13-12-14-17/h17H,4-15H2,1-3H3. The molecule has 0 bridgehead atoms. The number of ether oxygens (including phenoxy) is 3. The summed E-state index contributed by atoms with van der Waals surface area (Å²) in [7, 11) is 3.16. The Morgan fingerprint density at radius 1 is 0.800 bits per heavy atom. The summed E-state index contributed by atoms with van der Waals surface area (Å²) < 4.78 is 16.3.